The number of hydrogen-bond donors (Lipinski definition) is 1. The van der Waals surface area contributed by atoms with Crippen LogP contribution >= 0.6 is 0 Å². The van der Waals surface area contributed by atoms with Crippen molar-refractivity contribution in [2.75, 3.05) is 26.7 Å². The van der Waals surface area contributed by atoms with Crippen LogP contribution in [0.3, 0.4) is 0 Å². The number of piperidine rings is 1. The van der Waals surface area contributed by atoms with Gasteiger partial charge in [-0.05, 0) is 12.3 Å². The summed E-state index contributed by atoms with van der Waals surface area (Å²) >= 11 is 0. The molecule has 0 aromatic carbocycles. The number of nitrogens with two attached hydrogens (primary N) is 1. The maximum Gasteiger partial charge on any atom is 0.310 e. The number of carbonyl (C=O) groups is 1. The minimum atomic E-state index is -0.126. The SMILES string of the molecule is COC(=O)C1CC(N)CN(CC(C)C)C1. The molecule has 88 valence electrons. The maximum absolute atomic E-state index is 11.4. The zero-order valence-electron chi connectivity index (χ0n) is 9.90. The highest BCUT2D eigenvalue weighted by Crippen LogP contribution is 2.18. The van der Waals surface area contributed by atoms with E-state index in [-0.39, 0.29) is 17.9 Å². The lowest BCUT2D eigenvalue weighted by Gasteiger charge is -2.35. The van der Waals surface area contributed by atoms with Crippen molar-refractivity contribution in [3.63, 3.8) is 0 Å². The van der Waals surface area contributed by atoms with E-state index in [0.29, 0.717) is 5.92 Å². The van der Waals surface area contributed by atoms with Gasteiger partial charge in [0.05, 0.1) is 13.0 Å². The van der Waals surface area contributed by atoms with Crippen LogP contribution in [0.2, 0.25) is 0 Å². The molecule has 0 saturated carbocycles. The van der Waals surface area contributed by atoms with Gasteiger partial charge in [-0.3, -0.25) is 4.79 Å². The first-order chi connectivity index (χ1) is 7.02. The first-order valence-electron chi connectivity index (χ1n) is 5.58. The van der Waals surface area contributed by atoms with E-state index in [0.717, 1.165) is 26.1 Å². The van der Waals surface area contributed by atoms with Gasteiger partial charge >= 0.3 is 5.97 Å². The van der Waals surface area contributed by atoms with Crippen LogP contribution < -0.4 is 5.73 Å². The minimum Gasteiger partial charge on any atom is -0.469 e. The van der Waals surface area contributed by atoms with E-state index in [2.05, 4.69) is 18.7 Å². The van der Waals surface area contributed by atoms with Crippen molar-refractivity contribution >= 4 is 5.97 Å². The van der Waals surface area contributed by atoms with Crippen molar-refractivity contribution in [3.05, 3.63) is 0 Å². The molecule has 2 N–H and O–H groups in total. The third kappa shape index (κ3) is 3.80. The van der Waals surface area contributed by atoms with Crippen molar-refractivity contribution in [1.82, 2.24) is 4.90 Å². The van der Waals surface area contributed by atoms with Crippen LogP contribution in [-0.4, -0.2) is 43.7 Å². The van der Waals surface area contributed by atoms with Gasteiger partial charge in [0.2, 0.25) is 0 Å². The van der Waals surface area contributed by atoms with Gasteiger partial charge in [0, 0.05) is 25.7 Å². The predicted molar refractivity (Wildman–Crippen MR) is 59.4 cm³/mol. The van der Waals surface area contributed by atoms with Gasteiger partial charge < -0.3 is 15.4 Å². The summed E-state index contributed by atoms with van der Waals surface area (Å²) in [5.41, 5.74) is 5.93. The molecular formula is C11H22N2O2. The summed E-state index contributed by atoms with van der Waals surface area (Å²) < 4.78 is 4.77. The van der Waals surface area contributed by atoms with Gasteiger partial charge in [0.25, 0.3) is 0 Å². The molecule has 0 spiro atoms. The van der Waals surface area contributed by atoms with E-state index in [9.17, 15) is 4.79 Å². The van der Waals surface area contributed by atoms with E-state index < -0.39 is 0 Å². The Kier molecular flexibility index (Phi) is 4.54. The summed E-state index contributed by atoms with van der Waals surface area (Å²) in [6, 6.07) is 0.0987. The van der Waals surface area contributed by atoms with Gasteiger partial charge in [-0.25, -0.2) is 0 Å². The Bertz CT molecular complexity index is 217. The van der Waals surface area contributed by atoms with Gasteiger partial charge in [0.1, 0.15) is 0 Å². The molecule has 1 saturated heterocycles. The number of nitrogens with zero attached hydrogens (tertiary/aromatic N) is 1. The molecule has 0 radical (unpaired) electrons. The fraction of sp³-hybridized carbons (Fsp3) is 0.909. The fourth-order valence-corrected chi connectivity index (χ4v) is 2.24. The van der Waals surface area contributed by atoms with Crippen molar-refractivity contribution in [2.45, 2.75) is 26.3 Å². The Morgan fingerprint density at radius 3 is 2.73 bits per heavy atom. The number of hydrogen-bond acceptors (Lipinski definition) is 4. The molecule has 0 aliphatic carbocycles. The van der Waals surface area contributed by atoms with Crippen molar-refractivity contribution in [1.29, 1.82) is 0 Å². The minimum absolute atomic E-state index is 0.0440. The lowest BCUT2D eigenvalue weighted by atomic mass is 9.94. The highest BCUT2D eigenvalue weighted by Gasteiger charge is 2.30. The summed E-state index contributed by atoms with van der Waals surface area (Å²) in [7, 11) is 1.44. The van der Waals surface area contributed by atoms with E-state index >= 15 is 0 Å². The highest BCUT2D eigenvalue weighted by molar-refractivity contribution is 5.72. The van der Waals surface area contributed by atoms with Gasteiger partial charge in [-0.2, -0.15) is 0 Å². The van der Waals surface area contributed by atoms with Crippen LogP contribution in [0.25, 0.3) is 0 Å². The summed E-state index contributed by atoms with van der Waals surface area (Å²) in [5, 5.41) is 0. The molecule has 0 amide bonds. The molecule has 1 heterocycles. The largest absolute Gasteiger partial charge is 0.469 e. The summed E-state index contributed by atoms with van der Waals surface area (Å²) in [4.78, 5) is 13.7. The fourth-order valence-electron chi connectivity index (χ4n) is 2.24. The molecule has 2 atom stereocenters. The quantitative estimate of drug-likeness (QED) is 0.694. The highest BCUT2D eigenvalue weighted by atomic mass is 16.5. The van der Waals surface area contributed by atoms with Crippen LogP contribution in [0, 0.1) is 11.8 Å². The summed E-state index contributed by atoms with van der Waals surface area (Å²) in [5.74, 6) is 0.435. The molecule has 4 heteroatoms. The molecule has 4 nitrogen and oxygen atoms in total. The standard InChI is InChI=1S/C11H22N2O2/c1-8(2)5-13-6-9(11(14)15-3)4-10(12)7-13/h8-10H,4-7,12H2,1-3H3. The number of ether oxygens (including phenoxy) is 1. The molecule has 0 aromatic rings. The second kappa shape index (κ2) is 5.47. The zero-order chi connectivity index (χ0) is 11.4. The smallest absolute Gasteiger partial charge is 0.310 e. The third-order valence-electron chi connectivity index (χ3n) is 2.72. The second-order valence-electron chi connectivity index (χ2n) is 4.83. The molecular weight excluding hydrogens is 192 g/mol. The molecule has 15 heavy (non-hydrogen) atoms. The number of methoxy groups -OCH3 is 1. The molecule has 2 unspecified atom stereocenters. The number of esters is 1. The molecule has 0 bridgehead atoms. The average Bonchev–Trinajstić information content (AvgIpc) is 2.14. The molecule has 1 aliphatic rings. The lowest BCUT2D eigenvalue weighted by molar-refractivity contribution is -0.147. The Balaban J connectivity index is 2.51. The van der Waals surface area contributed by atoms with E-state index in [1.54, 1.807) is 0 Å². The summed E-state index contributed by atoms with van der Waals surface area (Å²) in [6.45, 7) is 7.03. The Morgan fingerprint density at radius 1 is 1.53 bits per heavy atom. The van der Waals surface area contributed by atoms with Gasteiger partial charge in [0.15, 0.2) is 0 Å². The maximum atomic E-state index is 11.4. The predicted octanol–water partition coefficient (Wildman–Crippen LogP) is 0.465. The van der Waals surface area contributed by atoms with Crippen LogP contribution in [0.4, 0.5) is 0 Å². The van der Waals surface area contributed by atoms with Crippen LogP contribution in [0.15, 0.2) is 0 Å². The van der Waals surface area contributed by atoms with Gasteiger partial charge in [-0.15, -0.1) is 0 Å². The van der Waals surface area contributed by atoms with E-state index in [1.807, 2.05) is 0 Å². The van der Waals surface area contributed by atoms with Crippen LogP contribution in [0.1, 0.15) is 20.3 Å². The topological polar surface area (TPSA) is 55.6 Å². The van der Waals surface area contributed by atoms with Crippen molar-refractivity contribution in [2.24, 2.45) is 17.6 Å². The molecule has 1 fully saturated rings. The number of carbonyl (C=O) groups excluding carboxylic acids is 1. The van der Waals surface area contributed by atoms with Crippen molar-refractivity contribution in [3.8, 4) is 0 Å². The van der Waals surface area contributed by atoms with E-state index in [4.69, 9.17) is 10.5 Å². The second-order valence-corrected chi connectivity index (χ2v) is 4.83. The average molecular weight is 214 g/mol. The van der Waals surface area contributed by atoms with Gasteiger partial charge in [-0.1, -0.05) is 13.8 Å². The van der Waals surface area contributed by atoms with Crippen molar-refractivity contribution < 1.29 is 9.53 Å². The number of likely N-dealkylation sites (tertiary alicyclic amines) is 1. The molecule has 1 aliphatic heterocycles. The Morgan fingerprint density at radius 2 is 2.20 bits per heavy atom. The first kappa shape index (κ1) is 12.5. The van der Waals surface area contributed by atoms with Crippen LogP contribution in [0.5, 0.6) is 0 Å². The molecule has 0 aromatic heterocycles. The Hall–Kier alpha value is -0.610. The third-order valence-corrected chi connectivity index (χ3v) is 2.72. The number of rotatable bonds is 3. The molecule has 1 rings (SSSR count). The normalized spacial score (nSPS) is 28.1. The lowest BCUT2D eigenvalue weighted by Crippen LogP contribution is -2.50. The van der Waals surface area contributed by atoms with E-state index in [1.165, 1.54) is 7.11 Å². The zero-order valence-corrected chi connectivity index (χ0v) is 9.90. The Labute approximate surface area is 91.8 Å². The van der Waals surface area contributed by atoms with Crippen LogP contribution in [-0.2, 0) is 9.53 Å². The summed E-state index contributed by atoms with van der Waals surface area (Å²) in [6.07, 6.45) is 0.751. The monoisotopic (exact) mass is 214 g/mol. The first-order valence-corrected chi connectivity index (χ1v) is 5.58.